The van der Waals surface area contributed by atoms with Crippen molar-refractivity contribution in [1.29, 1.82) is 0 Å². The van der Waals surface area contributed by atoms with Gasteiger partial charge in [0.2, 0.25) is 5.91 Å². The summed E-state index contributed by atoms with van der Waals surface area (Å²) in [5, 5.41) is 0. The van der Waals surface area contributed by atoms with Gasteiger partial charge in [0.15, 0.2) is 5.78 Å². The monoisotopic (exact) mass is 465 g/mol. The first-order valence-electron chi connectivity index (χ1n) is 11.7. The predicted octanol–water partition coefficient (Wildman–Crippen LogP) is 5.52. The Hall–Kier alpha value is -3.28. The molecule has 3 rings (SSSR count). The Balaban J connectivity index is 1.73. The van der Waals surface area contributed by atoms with Crippen LogP contribution in [0.4, 0.5) is 10.1 Å². The second-order valence-corrected chi connectivity index (χ2v) is 8.91. The SMILES string of the molecule is C=CC(=O)CCCC1C(CCC(COC(C)=O)c2ccc(F)cc2)C(=O)N1c1ccc(C)cc1. The lowest BCUT2D eigenvalue weighted by Crippen LogP contribution is -2.61. The second-order valence-electron chi connectivity index (χ2n) is 8.91. The molecule has 1 heterocycles. The number of carbonyl (C=O) groups is 3. The van der Waals surface area contributed by atoms with Gasteiger partial charge in [-0.15, -0.1) is 0 Å². The van der Waals surface area contributed by atoms with Crippen LogP contribution in [-0.4, -0.2) is 30.3 Å². The first-order chi connectivity index (χ1) is 16.3. The Bertz CT molecular complexity index is 1020. The van der Waals surface area contributed by atoms with E-state index in [0.717, 1.165) is 23.2 Å². The number of hydrogen-bond acceptors (Lipinski definition) is 4. The molecule has 0 radical (unpaired) electrons. The fraction of sp³-hybridized carbons (Fsp3) is 0.393. The zero-order valence-corrected chi connectivity index (χ0v) is 19.8. The van der Waals surface area contributed by atoms with Gasteiger partial charge in [0.25, 0.3) is 0 Å². The van der Waals surface area contributed by atoms with Gasteiger partial charge in [0.1, 0.15) is 5.82 Å². The number of benzene rings is 2. The minimum Gasteiger partial charge on any atom is -0.465 e. The molecule has 3 unspecified atom stereocenters. The molecule has 34 heavy (non-hydrogen) atoms. The highest BCUT2D eigenvalue weighted by molar-refractivity contribution is 6.03. The summed E-state index contributed by atoms with van der Waals surface area (Å²) in [6.45, 7) is 7.07. The largest absolute Gasteiger partial charge is 0.465 e. The van der Waals surface area contributed by atoms with Crippen molar-refractivity contribution < 1.29 is 23.5 Å². The number of ether oxygens (including phenoxy) is 1. The van der Waals surface area contributed by atoms with Gasteiger partial charge in [-0.05, 0) is 68.5 Å². The van der Waals surface area contributed by atoms with E-state index in [1.807, 2.05) is 36.1 Å². The Morgan fingerprint density at radius 2 is 1.79 bits per heavy atom. The number of β-lactam (4-membered cyclic amide) rings is 1. The minimum atomic E-state index is -0.373. The van der Waals surface area contributed by atoms with E-state index in [1.54, 1.807) is 12.1 Å². The summed E-state index contributed by atoms with van der Waals surface area (Å²) in [5.74, 6) is -0.945. The fourth-order valence-corrected chi connectivity index (χ4v) is 4.54. The third kappa shape index (κ3) is 6.40. The van der Waals surface area contributed by atoms with Gasteiger partial charge >= 0.3 is 5.97 Å². The Kier molecular flexibility index (Phi) is 8.74. The smallest absolute Gasteiger partial charge is 0.302 e. The molecule has 0 bridgehead atoms. The molecule has 1 saturated heterocycles. The molecule has 0 saturated carbocycles. The maximum absolute atomic E-state index is 13.4. The maximum atomic E-state index is 13.4. The summed E-state index contributed by atoms with van der Waals surface area (Å²) in [6, 6.07) is 14.0. The van der Waals surface area contributed by atoms with Crippen LogP contribution in [0.5, 0.6) is 0 Å². The van der Waals surface area contributed by atoms with Crippen molar-refractivity contribution in [2.75, 3.05) is 11.5 Å². The molecule has 0 spiro atoms. The minimum absolute atomic E-state index is 0.00170. The third-order valence-electron chi connectivity index (χ3n) is 6.47. The summed E-state index contributed by atoms with van der Waals surface area (Å²) in [6.07, 6.45) is 4.38. The van der Waals surface area contributed by atoms with Crippen molar-refractivity contribution in [2.24, 2.45) is 5.92 Å². The van der Waals surface area contributed by atoms with Crippen LogP contribution in [0.3, 0.4) is 0 Å². The molecule has 0 N–H and O–H groups in total. The molecule has 1 aliphatic heterocycles. The van der Waals surface area contributed by atoms with Gasteiger partial charge in [0, 0.05) is 31.0 Å². The van der Waals surface area contributed by atoms with Crippen molar-refractivity contribution in [3.05, 3.63) is 78.1 Å². The van der Waals surface area contributed by atoms with Crippen LogP contribution in [0.25, 0.3) is 0 Å². The van der Waals surface area contributed by atoms with E-state index in [4.69, 9.17) is 4.74 Å². The molecule has 0 aliphatic carbocycles. The molecule has 1 aliphatic rings. The summed E-state index contributed by atoms with van der Waals surface area (Å²) in [5.41, 5.74) is 2.86. The van der Waals surface area contributed by atoms with Crippen LogP contribution in [0.15, 0.2) is 61.2 Å². The predicted molar refractivity (Wildman–Crippen MR) is 130 cm³/mol. The molecule has 5 nitrogen and oxygen atoms in total. The molecule has 2 aromatic carbocycles. The molecular weight excluding hydrogens is 433 g/mol. The lowest BCUT2D eigenvalue weighted by Gasteiger charge is -2.48. The molecule has 3 atom stereocenters. The van der Waals surface area contributed by atoms with E-state index in [-0.39, 0.29) is 48.0 Å². The number of rotatable bonds is 12. The zero-order valence-electron chi connectivity index (χ0n) is 19.8. The van der Waals surface area contributed by atoms with Crippen molar-refractivity contribution in [3.63, 3.8) is 0 Å². The number of carbonyl (C=O) groups excluding carboxylic acids is 3. The number of nitrogens with zero attached hydrogens (tertiary/aromatic N) is 1. The van der Waals surface area contributed by atoms with E-state index in [0.29, 0.717) is 25.7 Å². The lowest BCUT2D eigenvalue weighted by molar-refractivity contribution is -0.141. The highest BCUT2D eigenvalue weighted by Gasteiger charge is 2.47. The van der Waals surface area contributed by atoms with Gasteiger partial charge in [-0.2, -0.15) is 0 Å². The van der Waals surface area contributed by atoms with Crippen molar-refractivity contribution >= 4 is 23.3 Å². The van der Waals surface area contributed by atoms with E-state index >= 15 is 0 Å². The number of anilines is 1. The number of halogens is 1. The third-order valence-corrected chi connectivity index (χ3v) is 6.47. The summed E-state index contributed by atoms with van der Waals surface area (Å²) >= 11 is 0. The van der Waals surface area contributed by atoms with E-state index in [1.165, 1.54) is 25.1 Å². The highest BCUT2D eigenvalue weighted by Crippen LogP contribution is 2.39. The number of aryl methyl sites for hydroxylation is 1. The van der Waals surface area contributed by atoms with Crippen LogP contribution in [0.2, 0.25) is 0 Å². The van der Waals surface area contributed by atoms with Crippen LogP contribution < -0.4 is 4.90 Å². The van der Waals surface area contributed by atoms with Gasteiger partial charge in [-0.3, -0.25) is 14.4 Å². The molecule has 0 aromatic heterocycles. The zero-order chi connectivity index (χ0) is 24.7. The van der Waals surface area contributed by atoms with Gasteiger partial charge in [-0.25, -0.2) is 4.39 Å². The highest BCUT2D eigenvalue weighted by atomic mass is 19.1. The number of ketones is 1. The maximum Gasteiger partial charge on any atom is 0.302 e. The summed E-state index contributed by atoms with van der Waals surface area (Å²) in [4.78, 5) is 38.1. The number of allylic oxidation sites excluding steroid dienone is 1. The molecule has 180 valence electrons. The van der Waals surface area contributed by atoms with Gasteiger partial charge < -0.3 is 9.64 Å². The average molecular weight is 466 g/mol. The van der Waals surface area contributed by atoms with Gasteiger partial charge in [-0.1, -0.05) is 36.4 Å². The Morgan fingerprint density at radius 1 is 1.12 bits per heavy atom. The van der Waals surface area contributed by atoms with Crippen LogP contribution in [0.1, 0.15) is 56.1 Å². The first kappa shape index (κ1) is 25.3. The Labute approximate surface area is 200 Å². The molecule has 1 fully saturated rings. The molecule has 6 heteroatoms. The quantitative estimate of drug-likeness (QED) is 0.235. The summed E-state index contributed by atoms with van der Waals surface area (Å²) in [7, 11) is 0. The van der Waals surface area contributed by atoms with Crippen molar-refractivity contribution in [1.82, 2.24) is 0 Å². The van der Waals surface area contributed by atoms with Crippen LogP contribution >= 0.6 is 0 Å². The van der Waals surface area contributed by atoms with Gasteiger partial charge in [0.05, 0.1) is 12.5 Å². The first-order valence-corrected chi connectivity index (χ1v) is 11.7. The fourth-order valence-electron chi connectivity index (χ4n) is 4.54. The normalized spacial score (nSPS) is 18.2. The topological polar surface area (TPSA) is 63.7 Å². The van der Waals surface area contributed by atoms with Crippen LogP contribution in [-0.2, 0) is 19.1 Å². The number of esters is 1. The van der Waals surface area contributed by atoms with E-state index < -0.39 is 0 Å². The molecule has 2 aromatic rings. The van der Waals surface area contributed by atoms with Crippen LogP contribution in [0, 0.1) is 18.7 Å². The van der Waals surface area contributed by atoms with E-state index in [9.17, 15) is 18.8 Å². The lowest BCUT2D eigenvalue weighted by atomic mass is 9.78. The second kappa shape index (κ2) is 11.7. The van der Waals surface area contributed by atoms with E-state index in [2.05, 4.69) is 6.58 Å². The van der Waals surface area contributed by atoms with Crippen molar-refractivity contribution in [2.45, 2.75) is 57.9 Å². The standard InChI is InChI=1S/C28H32FNO4/c1-4-25(32)6-5-7-27-26(28(33)30(27)24-15-8-19(2)9-16-24)17-12-22(18-34-20(3)31)21-10-13-23(29)14-11-21/h4,8-11,13-16,22,26-27H,1,5-7,12,17-18H2,2-3H3. The molecular formula is C28H32FNO4. The summed E-state index contributed by atoms with van der Waals surface area (Å²) < 4.78 is 18.7. The number of amides is 1. The number of hydrogen-bond donors (Lipinski definition) is 0. The Morgan fingerprint density at radius 3 is 2.41 bits per heavy atom. The average Bonchev–Trinajstić information content (AvgIpc) is 2.82. The molecule has 1 amide bonds. The van der Waals surface area contributed by atoms with Crippen molar-refractivity contribution in [3.8, 4) is 0 Å².